The maximum absolute atomic E-state index is 13.8. The van der Waals surface area contributed by atoms with Gasteiger partial charge in [-0.25, -0.2) is 4.39 Å². The number of rotatable bonds is 8. The standard InChI is InChI=1S/C14H21FN2O3.ClH/c1-10(17-13(18)9-16-7-8-19-2)14-11(15)5-4-6-12(14)20-3;/h4-6,10,16H,7-9H2,1-3H3,(H,17,18);1H. The van der Waals surface area contributed by atoms with Crippen LogP contribution in [0.2, 0.25) is 0 Å². The van der Waals surface area contributed by atoms with E-state index in [1.165, 1.54) is 13.2 Å². The van der Waals surface area contributed by atoms with Crippen LogP contribution >= 0.6 is 12.4 Å². The van der Waals surface area contributed by atoms with Crippen LogP contribution in [0, 0.1) is 5.82 Å². The van der Waals surface area contributed by atoms with Crippen LogP contribution in [0.3, 0.4) is 0 Å². The second kappa shape index (κ2) is 10.4. The highest BCUT2D eigenvalue weighted by Crippen LogP contribution is 2.27. The summed E-state index contributed by atoms with van der Waals surface area (Å²) >= 11 is 0. The number of ether oxygens (including phenoxy) is 2. The first-order chi connectivity index (χ1) is 9.60. The molecular weight excluding hydrogens is 299 g/mol. The van der Waals surface area contributed by atoms with Crippen molar-refractivity contribution in [2.75, 3.05) is 33.9 Å². The summed E-state index contributed by atoms with van der Waals surface area (Å²) in [5.41, 5.74) is 0.347. The number of nitrogens with one attached hydrogen (secondary N) is 2. The van der Waals surface area contributed by atoms with E-state index in [1.807, 2.05) is 0 Å². The third-order valence-corrected chi connectivity index (χ3v) is 2.81. The number of hydrogen-bond acceptors (Lipinski definition) is 4. The third kappa shape index (κ3) is 6.29. The van der Waals surface area contributed by atoms with E-state index >= 15 is 0 Å². The molecule has 0 aliphatic heterocycles. The minimum Gasteiger partial charge on any atom is -0.496 e. The molecule has 0 saturated carbocycles. The number of carbonyl (C=O) groups is 1. The van der Waals surface area contributed by atoms with Crippen molar-refractivity contribution in [3.8, 4) is 5.75 Å². The van der Waals surface area contributed by atoms with Crippen LogP contribution in [0.4, 0.5) is 4.39 Å². The molecule has 0 bridgehead atoms. The number of carbonyl (C=O) groups excluding carboxylic acids is 1. The van der Waals surface area contributed by atoms with E-state index in [0.717, 1.165) is 0 Å². The van der Waals surface area contributed by atoms with Crippen LogP contribution in [0.5, 0.6) is 5.75 Å². The van der Waals surface area contributed by atoms with Crippen molar-refractivity contribution >= 4 is 18.3 Å². The molecule has 1 aromatic rings. The number of amides is 1. The van der Waals surface area contributed by atoms with E-state index in [4.69, 9.17) is 9.47 Å². The predicted molar refractivity (Wildman–Crippen MR) is 81.5 cm³/mol. The van der Waals surface area contributed by atoms with Crippen molar-refractivity contribution in [1.29, 1.82) is 0 Å². The van der Waals surface area contributed by atoms with Gasteiger partial charge in [-0.2, -0.15) is 0 Å². The second-order valence-electron chi connectivity index (χ2n) is 4.31. The molecule has 0 spiro atoms. The molecule has 0 heterocycles. The van der Waals surface area contributed by atoms with Gasteiger partial charge in [0.05, 0.1) is 31.9 Å². The van der Waals surface area contributed by atoms with Crippen molar-refractivity contribution < 1.29 is 18.7 Å². The molecule has 120 valence electrons. The highest BCUT2D eigenvalue weighted by molar-refractivity contribution is 5.85. The number of hydrogen-bond donors (Lipinski definition) is 2. The zero-order chi connectivity index (χ0) is 15.0. The molecule has 1 rings (SSSR count). The van der Waals surface area contributed by atoms with Crippen molar-refractivity contribution in [1.82, 2.24) is 10.6 Å². The summed E-state index contributed by atoms with van der Waals surface area (Å²) < 4.78 is 23.8. The Bertz CT molecular complexity index is 446. The van der Waals surface area contributed by atoms with Gasteiger partial charge in [-0.3, -0.25) is 4.79 Å². The molecule has 0 saturated heterocycles. The number of benzene rings is 1. The fraction of sp³-hybridized carbons (Fsp3) is 0.500. The average molecular weight is 321 g/mol. The van der Waals surface area contributed by atoms with E-state index in [1.54, 1.807) is 26.2 Å². The van der Waals surface area contributed by atoms with Gasteiger partial charge in [-0.15, -0.1) is 12.4 Å². The van der Waals surface area contributed by atoms with Gasteiger partial charge in [0.2, 0.25) is 5.91 Å². The lowest BCUT2D eigenvalue weighted by atomic mass is 10.1. The summed E-state index contributed by atoms with van der Waals surface area (Å²) in [6.45, 7) is 2.99. The van der Waals surface area contributed by atoms with Gasteiger partial charge in [0.15, 0.2) is 0 Å². The SMILES string of the molecule is COCCNCC(=O)NC(C)c1c(F)cccc1OC.Cl. The van der Waals surface area contributed by atoms with Crippen LogP contribution in [-0.2, 0) is 9.53 Å². The van der Waals surface area contributed by atoms with Crippen LogP contribution < -0.4 is 15.4 Å². The minimum absolute atomic E-state index is 0. The van der Waals surface area contributed by atoms with E-state index in [2.05, 4.69) is 10.6 Å². The molecule has 0 aliphatic carbocycles. The zero-order valence-electron chi connectivity index (χ0n) is 12.4. The Balaban J connectivity index is 0.00000400. The number of halogens is 2. The van der Waals surface area contributed by atoms with Gasteiger partial charge in [-0.1, -0.05) is 6.07 Å². The van der Waals surface area contributed by atoms with Crippen LogP contribution in [0.1, 0.15) is 18.5 Å². The summed E-state index contributed by atoms with van der Waals surface area (Å²) in [5.74, 6) is -0.187. The summed E-state index contributed by atoms with van der Waals surface area (Å²) in [6.07, 6.45) is 0. The molecule has 0 radical (unpaired) electrons. The monoisotopic (exact) mass is 320 g/mol. The molecule has 1 atom stereocenters. The molecule has 1 amide bonds. The Labute approximate surface area is 130 Å². The molecular formula is C14H22ClFN2O3. The fourth-order valence-corrected chi connectivity index (χ4v) is 1.86. The lowest BCUT2D eigenvalue weighted by Crippen LogP contribution is -2.36. The summed E-state index contributed by atoms with van der Waals surface area (Å²) in [7, 11) is 3.06. The van der Waals surface area contributed by atoms with Gasteiger partial charge in [-0.05, 0) is 19.1 Å². The highest BCUT2D eigenvalue weighted by Gasteiger charge is 2.17. The Morgan fingerprint density at radius 3 is 2.71 bits per heavy atom. The predicted octanol–water partition coefficient (Wildman–Crippen LogP) is 1.67. The average Bonchev–Trinajstić information content (AvgIpc) is 2.43. The van der Waals surface area contributed by atoms with Gasteiger partial charge >= 0.3 is 0 Å². The first kappa shape index (κ1) is 19.6. The topological polar surface area (TPSA) is 59.6 Å². The van der Waals surface area contributed by atoms with Crippen LogP contribution in [-0.4, -0.2) is 39.8 Å². The maximum Gasteiger partial charge on any atom is 0.234 e. The zero-order valence-corrected chi connectivity index (χ0v) is 13.3. The minimum atomic E-state index is -0.470. The van der Waals surface area contributed by atoms with E-state index < -0.39 is 11.9 Å². The normalized spacial score (nSPS) is 11.4. The maximum atomic E-state index is 13.8. The van der Waals surface area contributed by atoms with Crippen LogP contribution in [0.15, 0.2) is 18.2 Å². The second-order valence-corrected chi connectivity index (χ2v) is 4.31. The number of methoxy groups -OCH3 is 2. The van der Waals surface area contributed by atoms with Gasteiger partial charge < -0.3 is 20.1 Å². The molecule has 2 N–H and O–H groups in total. The van der Waals surface area contributed by atoms with E-state index in [9.17, 15) is 9.18 Å². The smallest absolute Gasteiger partial charge is 0.234 e. The molecule has 1 unspecified atom stereocenters. The first-order valence-corrected chi connectivity index (χ1v) is 6.41. The van der Waals surface area contributed by atoms with E-state index in [0.29, 0.717) is 24.5 Å². The van der Waals surface area contributed by atoms with E-state index in [-0.39, 0.29) is 24.9 Å². The molecule has 21 heavy (non-hydrogen) atoms. The van der Waals surface area contributed by atoms with Crippen molar-refractivity contribution in [3.05, 3.63) is 29.6 Å². The van der Waals surface area contributed by atoms with Crippen LogP contribution in [0.25, 0.3) is 0 Å². The van der Waals surface area contributed by atoms with Gasteiger partial charge in [0, 0.05) is 13.7 Å². The molecule has 0 aromatic heterocycles. The first-order valence-electron chi connectivity index (χ1n) is 6.41. The molecule has 0 fully saturated rings. The molecule has 7 heteroatoms. The fourth-order valence-electron chi connectivity index (χ4n) is 1.86. The quantitative estimate of drug-likeness (QED) is 0.715. The van der Waals surface area contributed by atoms with Gasteiger partial charge in [0.1, 0.15) is 11.6 Å². The lowest BCUT2D eigenvalue weighted by Gasteiger charge is -2.18. The molecule has 1 aromatic carbocycles. The Morgan fingerprint density at radius 1 is 1.38 bits per heavy atom. The molecule has 0 aliphatic rings. The van der Waals surface area contributed by atoms with Crippen molar-refractivity contribution in [2.45, 2.75) is 13.0 Å². The third-order valence-electron chi connectivity index (χ3n) is 2.81. The van der Waals surface area contributed by atoms with Crippen molar-refractivity contribution in [2.24, 2.45) is 0 Å². The lowest BCUT2D eigenvalue weighted by molar-refractivity contribution is -0.120. The summed E-state index contributed by atoms with van der Waals surface area (Å²) in [4.78, 5) is 11.7. The largest absolute Gasteiger partial charge is 0.496 e. The Hall–Kier alpha value is -1.37. The Morgan fingerprint density at radius 2 is 2.10 bits per heavy atom. The Kier molecular flexibility index (Phi) is 9.69. The summed E-state index contributed by atoms with van der Waals surface area (Å²) in [6, 6.07) is 4.11. The molecule has 5 nitrogen and oxygen atoms in total. The summed E-state index contributed by atoms with van der Waals surface area (Å²) in [5, 5.41) is 5.65. The van der Waals surface area contributed by atoms with Gasteiger partial charge in [0.25, 0.3) is 0 Å². The highest BCUT2D eigenvalue weighted by atomic mass is 35.5. The van der Waals surface area contributed by atoms with Crippen molar-refractivity contribution in [3.63, 3.8) is 0 Å².